The first-order valence-electron chi connectivity index (χ1n) is 8.82. The highest BCUT2D eigenvalue weighted by Gasteiger charge is 2.25. The maximum Gasteiger partial charge on any atom is 0.195 e. The molecule has 26 heavy (non-hydrogen) atoms. The van der Waals surface area contributed by atoms with E-state index in [0.29, 0.717) is 11.3 Å². The van der Waals surface area contributed by atoms with Crippen LogP contribution in [0.5, 0.6) is 5.75 Å². The maximum atomic E-state index is 12.9. The van der Waals surface area contributed by atoms with Gasteiger partial charge in [-0.25, -0.2) is 0 Å². The number of nitrogens with one attached hydrogen (secondary N) is 2. The van der Waals surface area contributed by atoms with E-state index in [9.17, 15) is 9.59 Å². The van der Waals surface area contributed by atoms with Gasteiger partial charge in [-0.3, -0.25) is 9.59 Å². The van der Waals surface area contributed by atoms with E-state index in [1.54, 1.807) is 7.11 Å². The van der Waals surface area contributed by atoms with Gasteiger partial charge in [-0.05, 0) is 53.2 Å². The van der Waals surface area contributed by atoms with Gasteiger partial charge in [-0.1, -0.05) is 17.7 Å². The van der Waals surface area contributed by atoms with E-state index >= 15 is 0 Å². The van der Waals surface area contributed by atoms with Crippen molar-refractivity contribution in [2.45, 2.75) is 53.6 Å². The molecule has 1 aromatic heterocycles. The van der Waals surface area contributed by atoms with Gasteiger partial charge in [0.1, 0.15) is 5.75 Å². The molecule has 0 saturated heterocycles. The number of aromatic nitrogens is 1. The minimum absolute atomic E-state index is 0.0335. The Hall–Kier alpha value is -2.40. The normalized spacial score (nSPS) is 13.3. The number of aromatic amines is 1. The van der Waals surface area contributed by atoms with Gasteiger partial charge in [0, 0.05) is 22.9 Å². The van der Waals surface area contributed by atoms with Crippen molar-refractivity contribution in [2.75, 3.05) is 7.11 Å². The van der Waals surface area contributed by atoms with E-state index in [1.807, 2.05) is 46.8 Å². The predicted octanol–water partition coefficient (Wildman–Crippen LogP) is 4.07. The second kappa shape index (κ2) is 7.87. The lowest BCUT2D eigenvalue weighted by Crippen LogP contribution is -2.36. The molecule has 0 fully saturated rings. The molecule has 2 atom stereocenters. The summed E-state index contributed by atoms with van der Waals surface area (Å²) in [6.45, 7) is 11.0. The van der Waals surface area contributed by atoms with Crippen LogP contribution in [0.1, 0.15) is 70.0 Å². The fraction of sp³-hybridized carbons (Fsp3) is 0.429. The van der Waals surface area contributed by atoms with Crippen LogP contribution in [0.3, 0.4) is 0 Å². The Labute approximate surface area is 155 Å². The molecule has 5 nitrogen and oxygen atoms in total. The molecule has 0 aliphatic heterocycles. The molecule has 0 radical (unpaired) electrons. The Balaban J connectivity index is 2.24. The van der Waals surface area contributed by atoms with Gasteiger partial charge in [0.05, 0.1) is 18.8 Å². The molecule has 1 heterocycles. The van der Waals surface area contributed by atoms with Gasteiger partial charge in [-0.2, -0.15) is 0 Å². The number of rotatable bonds is 7. The maximum absolute atomic E-state index is 12.9. The lowest BCUT2D eigenvalue weighted by atomic mass is 10.0. The number of hydrogen-bond donors (Lipinski definition) is 2. The van der Waals surface area contributed by atoms with E-state index in [0.717, 1.165) is 28.1 Å². The van der Waals surface area contributed by atoms with Crippen LogP contribution in [0.4, 0.5) is 0 Å². The summed E-state index contributed by atoms with van der Waals surface area (Å²) < 4.78 is 5.44. The van der Waals surface area contributed by atoms with Crippen molar-refractivity contribution in [1.82, 2.24) is 10.3 Å². The number of carbonyl (C=O) groups is 2. The van der Waals surface area contributed by atoms with Crippen molar-refractivity contribution in [1.29, 1.82) is 0 Å². The number of carbonyl (C=O) groups excluding carboxylic acids is 2. The van der Waals surface area contributed by atoms with Crippen LogP contribution in [0, 0.1) is 20.8 Å². The van der Waals surface area contributed by atoms with Gasteiger partial charge < -0.3 is 15.0 Å². The average molecular weight is 356 g/mol. The number of Topliss-reactive ketones (excluding diaryl/α,β-unsaturated/α-hetero) is 2. The van der Waals surface area contributed by atoms with E-state index in [4.69, 9.17) is 4.74 Å². The highest BCUT2D eigenvalue weighted by atomic mass is 16.5. The Morgan fingerprint density at radius 2 is 1.81 bits per heavy atom. The van der Waals surface area contributed by atoms with Crippen LogP contribution in [0.25, 0.3) is 0 Å². The Morgan fingerprint density at radius 3 is 2.35 bits per heavy atom. The minimum atomic E-state index is -0.410. The highest BCUT2D eigenvalue weighted by Crippen LogP contribution is 2.27. The second-order valence-corrected chi connectivity index (χ2v) is 6.90. The van der Waals surface area contributed by atoms with Crippen LogP contribution in [0.2, 0.25) is 0 Å². The van der Waals surface area contributed by atoms with Crippen molar-refractivity contribution in [2.24, 2.45) is 0 Å². The molecular weight excluding hydrogens is 328 g/mol. The van der Waals surface area contributed by atoms with Gasteiger partial charge >= 0.3 is 0 Å². The topological polar surface area (TPSA) is 71.2 Å². The molecule has 1 aromatic carbocycles. The van der Waals surface area contributed by atoms with Crippen LogP contribution < -0.4 is 10.1 Å². The van der Waals surface area contributed by atoms with Crippen LogP contribution in [-0.4, -0.2) is 29.7 Å². The predicted molar refractivity (Wildman–Crippen MR) is 103 cm³/mol. The second-order valence-electron chi connectivity index (χ2n) is 6.90. The highest BCUT2D eigenvalue weighted by molar-refractivity contribution is 6.05. The molecule has 140 valence electrons. The number of ether oxygens (including phenoxy) is 1. The molecule has 0 aliphatic rings. The number of methoxy groups -OCH3 is 1. The Morgan fingerprint density at radius 1 is 1.15 bits per heavy atom. The fourth-order valence-electron chi connectivity index (χ4n) is 3.47. The van der Waals surface area contributed by atoms with E-state index in [2.05, 4.69) is 16.4 Å². The van der Waals surface area contributed by atoms with Gasteiger partial charge in [-0.15, -0.1) is 0 Å². The van der Waals surface area contributed by atoms with E-state index in [1.165, 1.54) is 6.92 Å². The van der Waals surface area contributed by atoms with Crippen molar-refractivity contribution in [3.8, 4) is 5.75 Å². The summed E-state index contributed by atoms with van der Waals surface area (Å²) in [5, 5.41) is 3.35. The fourth-order valence-corrected chi connectivity index (χ4v) is 3.47. The summed E-state index contributed by atoms with van der Waals surface area (Å²) >= 11 is 0. The van der Waals surface area contributed by atoms with Crippen molar-refractivity contribution in [3.63, 3.8) is 0 Å². The van der Waals surface area contributed by atoms with Crippen LogP contribution in [0.15, 0.2) is 18.2 Å². The Kier molecular flexibility index (Phi) is 6.03. The minimum Gasteiger partial charge on any atom is -0.496 e. The smallest absolute Gasteiger partial charge is 0.195 e. The molecule has 0 saturated carbocycles. The molecule has 0 amide bonds. The van der Waals surface area contributed by atoms with Crippen molar-refractivity contribution >= 4 is 11.6 Å². The molecule has 2 aromatic rings. The third-order valence-corrected chi connectivity index (χ3v) is 4.78. The summed E-state index contributed by atoms with van der Waals surface area (Å²) in [5.74, 6) is 0.700. The molecular formula is C21H28N2O3. The Bertz CT molecular complexity index is 836. The number of aryl methyl sites for hydroxylation is 2. The summed E-state index contributed by atoms with van der Waals surface area (Å²) in [4.78, 5) is 27.8. The molecule has 0 aliphatic carbocycles. The molecule has 2 rings (SSSR count). The lowest BCUT2D eigenvalue weighted by molar-refractivity contribution is 0.0940. The van der Waals surface area contributed by atoms with Crippen molar-refractivity contribution < 1.29 is 14.3 Å². The zero-order chi connectivity index (χ0) is 19.6. The first kappa shape index (κ1) is 19.9. The summed E-state index contributed by atoms with van der Waals surface area (Å²) in [5.41, 5.74) is 4.70. The SMILES string of the molecule is COc1ccc(C)cc1[C@@H](C)N[C@@H](C)C(=O)c1[nH]c(C)c(C(C)=O)c1C. The zero-order valence-corrected chi connectivity index (χ0v) is 16.6. The molecule has 0 unspecified atom stereocenters. The monoisotopic (exact) mass is 356 g/mol. The van der Waals surface area contributed by atoms with E-state index in [-0.39, 0.29) is 17.6 Å². The number of hydrogen-bond acceptors (Lipinski definition) is 4. The van der Waals surface area contributed by atoms with Gasteiger partial charge in [0.2, 0.25) is 0 Å². The third-order valence-electron chi connectivity index (χ3n) is 4.78. The van der Waals surface area contributed by atoms with Crippen molar-refractivity contribution in [3.05, 3.63) is 51.8 Å². The van der Waals surface area contributed by atoms with Crippen LogP contribution in [-0.2, 0) is 0 Å². The van der Waals surface area contributed by atoms with Crippen LogP contribution >= 0.6 is 0 Å². The summed E-state index contributed by atoms with van der Waals surface area (Å²) in [6.07, 6.45) is 0. The first-order chi connectivity index (χ1) is 12.2. The van der Waals surface area contributed by atoms with E-state index < -0.39 is 6.04 Å². The third kappa shape index (κ3) is 3.88. The van der Waals surface area contributed by atoms with Gasteiger partial charge in [0.15, 0.2) is 11.6 Å². The standard InChI is InChI=1S/C21H28N2O3/c1-11-8-9-18(26-7)17(10-11)13(3)22-15(5)21(25)20-12(2)19(16(6)24)14(4)23-20/h8-10,13,15,22-23H,1-7H3/t13-,15+/m1/s1. The van der Waals surface area contributed by atoms with Gasteiger partial charge in [0.25, 0.3) is 0 Å². The molecule has 0 bridgehead atoms. The molecule has 0 spiro atoms. The quantitative estimate of drug-likeness (QED) is 0.734. The molecule has 2 N–H and O–H groups in total. The number of benzene rings is 1. The summed E-state index contributed by atoms with van der Waals surface area (Å²) in [7, 11) is 1.64. The summed E-state index contributed by atoms with van der Waals surface area (Å²) in [6, 6.07) is 5.52. The number of H-pyrrole nitrogens is 1. The zero-order valence-electron chi connectivity index (χ0n) is 16.6. The number of ketones is 2. The lowest BCUT2D eigenvalue weighted by Gasteiger charge is -2.21. The first-order valence-corrected chi connectivity index (χ1v) is 8.82. The average Bonchev–Trinajstić information content (AvgIpc) is 2.88. The largest absolute Gasteiger partial charge is 0.496 e. The molecule has 5 heteroatoms.